The van der Waals surface area contributed by atoms with Crippen LogP contribution in [-0.2, 0) is 15.8 Å². The van der Waals surface area contributed by atoms with Crippen molar-refractivity contribution in [2.45, 2.75) is 19.1 Å². The lowest BCUT2D eigenvalue weighted by molar-refractivity contribution is 0.0697. The van der Waals surface area contributed by atoms with Crippen LogP contribution in [0.15, 0.2) is 24.3 Å². The number of aromatic carboxylic acids is 1. The minimum absolute atomic E-state index is 0.0698. The highest BCUT2D eigenvalue weighted by Gasteiger charge is 2.29. The van der Waals surface area contributed by atoms with Crippen LogP contribution in [0, 0.1) is 5.92 Å². The maximum absolute atomic E-state index is 12.2. The fourth-order valence-electron chi connectivity index (χ4n) is 2.19. The summed E-state index contributed by atoms with van der Waals surface area (Å²) in [6, 6.07) is 5.97. The van der Waals surface area contributed by atoms with Gasteiger partial charge in [-0.05, 0) is 30.0 Å². The van der Waals surface area contributed by atoms with Crippen LogP contribution in [0.1, 0.15) is 29.3 Å². The summed E-state index contributed by atoms with van der Waals surface area (Å²) in [7, 11) is -3.29. The van der Waals surface area contributed by atoms with Crippen LogP contribution in [0.25, 0.3) is 0 Å². The summed E-state index contributed by atoms with van der Waals surface area (Å²) in [5.41, 5.74) is 0.778. The van der Waals surface area contributed by atoms with E-state index < -0.39 is 16.0 Å². The topological polar surface area (TPSA) is 74.7 Å². The Morgan fingerprint density at radius 2 is 2.00 bits per heavy atom. The summed E-state index contributed by atoms with van der Waals surface area (Å²) in [5.74, 6) is -0.675. The highest BCUT2D eigenvalue weighted by Crippen LogP contribution is 2.21. The van der Waals surface area contributed by atoms with E-state index in [1.807, 2.05) is 6.92 Å². The summed E-state index contributed by atoms with van der Waals surface area (Å²) < 4.78 is 25.9. The number of carboxylic acids is 1. The van der Waals surface area contributed by atoms with E-state index in [-0.39, 0.29) is 11.3 Å². The van der Waals surface area contributed by atoms with Gasteiger partial charge in [0.15, 0.2) is 0 Å². The molecule has 0 spiro atoms. The average molecular weight is 283 g/mol. The summed E-state index contributed by atoms with van der Waals surface area (Å²) in [5, 5.41) is 8.78. The minimum Gasteiger partial charge on any atom is -0.478 e. The van der Waals surface area contributed by atoms with Crippen LogP contribution in [-0.4, -0.2) is 36.9 Å². The van der Waals surface area contributed by atoms with Gasteiger partial charge >= 0.3 is 5.97 Å². The molecule has 0 saturated carbocycles. The lowest BCUT2D eigenvalue weighted by Crippen LogP contribution is -2.29. The molecule has 2 rings (SSSR count). The monoisotopic (exact) mass is 283 g/mol. The first kappa shape index (κ1) is 14.0. The third kappa shape index (κ3) is 3.33. The number of nitrogens with zero attached hydrogens (tertiary/aromatic N) is 1. The van der Waals surface area contributed by atoms with Gasteiger partial charge < -0.3 is 5.11 Å². The molecular weight excluding hydrogens is 266 g/mol. The summed E-state index contributed by atoms with van der Waals surface area (Å²) in [4.78, 5) is 10.7. The van der Waals surface area contributed by atoms with Crippen molar-refractivity contribution >= 4 is 16.0 Å². The standard InChI is InChI=1S/C13H17NO4S/c1-10-6-7-14(8-10)19(17,18)9-11-2-4-12(5-3-11)13(15)16/h2-5,10H,6-9H2,1H3,(H,15,16). The molecule has 104 valence electrons. The lowest BCUT2D eigenvalue weighted by atomic mass is 10.1. The predicted molar refractivity (Wildman–Crippen MR) is 71.4 cm³/mol. The van der Waals surface area contributed by atoms with E-state index in [1.54, 1.807) is 12.1 Å². The molecule has 1 N–H and O–H groups in total. The Kier molecular flexibility index (Phi) is 3.91. The first-order chi connectivity index (χ1) is 8.88. The van der Waals surface area contributed by atoms with Gasteiger partial charge in [0.2, 0.25) is 10.0 Å². The number of rotatable bonds is 4. The summed E-state index contributed by atoms with van der Waals surface area (Å²) >= 11 is 0. The van der Waals surface area contributed by atoms with Gasteiger partial charge in [0.25, 0.3) is 0 Å². The number of sulfonamides is 1. The van der Waals surface area contributed by atoms with Crippen molar-refractivity contribution in [3.63, 3.8) is 0 Å². The zero-order chi connectivity index (χ0) is 14.0. The van der Waals surface area contributed by atoms with Crippen molar-refractivity contribution in [2.75, 3.05) is 13.1 Å². The molecule has 1 aliphatic rings. The SMILES string of the molecule is CC1CCN(S(=O)(=O)Cc2ccc(C(=O)O)cc2)C1. The average Bonchev–Trinajstić information content (AvgIpc) is 2.77. The first-order valence-electron chi connectivity index (χ1n) is 6.18. The molecule has 19 heavy (non-hydrogen) atoms. The van der Waals surface area contributed by atoms with Crippen LogP contribution in [0.3, 0.4) is 0 Å². The van der Waals surface area contributed by atoms with Gasteiger partial charge in [-0.3, -0.25) is 0 Å². The van der Waals surface area contributed by atoms with E-state index >= 15 is 0 Å². The smallest absolute Gasteiger partial charge is 0.335 e. The predicted octanol–water partition coefficient (Wildman–Crippen LogP) is 1.56. The molecule has 0 amide bonds. The van der Waals surface area contributed by atoms with Gasteiger partial charge in [0, 0.05) is 13.1 Å². The second kappa shape index (κ2) is 5.30. The van der Waals surface area contributed by atoms with Gasteiger partial charge in [0.05, 0.1) is 11.3 Å². The molecule has 1 saturated heterocycles. The van der Waals surface area contributed by atoms with Crippen LogP contribution in [0.2, 0.25) is 0 Å². The molecule has 1 aromatic carbocycles. The molecule has 0 aliphatic carbocycles. The molecule has 1 aliphatic heterocycles. The molecule has 0 bridgehead atoms. The largest absolute Gasteiger partial charge is 0.478 e. The third-order valence-electron chi connectivity index (χ3n) is 3.33. The molecule has 1 fully saturated rings. The number of benzene rings is 1. The van der Waals surface area contributed by atoms with Gasteiger partial charge in [-0.25, -0.2) is 17.5 Å². The molecule has 1 unspecified atom stereocenters. The van der Waals surface area contributed by atoms with Crippen molar-refractivity contribution in [1.29, 1.82) is 0 Å². The minimum atomic E-state index is -3.29. The van der Waals surface area contributed by atoms with Gasteiger partial charge in [-0.1, -0.05) is 19.1 Å². The highest BCUT2D eigenvalue weighted by atomic mass is 32.2. The van der Waals surface area contributed by atoms with E-state index in [1.165, 1.54) is 16.4 Å². The quantitative estimate of drug-likeness (QED) is 0.910. The highest BCUT2D eigenvalue weighted by molar-refractivity contribution is 7.88. The van der Waals surface area contributed by atoms with Gasteiger partial charge in [-0.15, -0.1) is 0 Å². The van der Waals surface area contributed by atoms with E-state index in [0.29, 0.717) is 24.6 Å². The zero-order valence-corrected chi connectivity index (χ0v) is 11.6. The van der Waals surface area contributed by atoms with Crippen LogP contribution >= 0.6 is 0 Å². The Bertz CT molecular complexity index is 565. The van der Waals surface area contributed by atoms with Crippen molar-refractivity contribution in [1.82, 2.24) is 4.31 Å². The third-order valence-corrected chi connectivity index (χ3v) is 5.15. The van der Waals surface area contributed by atoms with Crippen molar-refractivity contribution in [3.05, 3.63) is 35.4 Å². The number of carbonyl (C=O) groups is 1. The lowest BCUT2D eigenvalue weighted by Gasteiger charge is -2.16. The summed E-state index contributed by atoms with van der Waals surface area (Å²) in [6.45, 7) is 3.20. The Balaban J connectivity index is 2.10. The first-order valence-corrected chi connectivity index (χ1v) is 7.79. The fourth-order valence-corrected chi connectivity index (χ4v) is 3.85. The fraction of sp³-hybridized carbons (Fsp3) is 0.462. The number of carboxylic acid groups (broad SMARTS) is 1. The maximum atomic E-state index is 12.2. The molecular formula is C13H17NO4S. The van der Waals surface area contributed by atoms with E-state index in [4.69, 9.17) is 5.11 Å². The Labute approximate surface area is 112 Å². The molecule has 0 radical (unpaired) electrons. The van der Waals surface area contributed by atoms with Crippen molar-refractivity contribution in [3.8, 4) is 0 Å². The maximum Gasteiger partial charge on any atom is 0.335 e. The second-order valence-corrected chi connectivity index (χ2v) is 6.98. The molecule has 0 aromatic heterocycles. The number of hydrogen-bond donors (Lipinski definition) is 1. The van der Waals surface area contributed by atoms with Crippen molar-refractivity contribution < 1.29 is 18.3 Å². The van der Waals surface area contributed by atoms with E-state index in [9.17, 15) is 13.2 Å². The zero-order valence-electron chi connectivity index (χ0n) is 10.7. The van der Waals surface area contributed by atoms with Crippen molar-refractivity contribution in [2.24, 2.45) is 5.92 Å². The molecule has 1 aromatic rings. The Hall–Kier alpha value is -1.40. The molecule has 1 atom stereocenters. The van der Waals surface area contributed by atoms with Crippen LogP contribution in [0.5, 0.6) is 0 Å². The Morgan fingerprint density at radius 3 is 2.47 bits per heavy atom. The Morgan fingerprint density at radius 1 is 1.37 bits per heavy atom. The molecule has 5 nitrogen and oxygen atoms in total. The van der Waals surface area contributed by atoms with Gasteiger partial charge in [-0.2, -0.15) is 0 Å². The second-order valence-electron chi connectivity index (χ2n) is 5.01. The van der Waals surface area contributed by atoms with Crippen LogP contribution < -0.4 is 0 Å². The molecule has 6 heteroatoms. The van der Waals surface area contributed by atoms with E-state index in [0.717, 1.165) is 6.42 Å². The van der Waals surface area contributed by atoms with Gasteiger partial charge in [0.1, 0.15) is 0 Å². The number of hydrogen-bond acceptors (Lipinski definition) is 3. The van der Waals surface area contributed by atoms with E-state index in [2.05, 4.69) is 0 Å². The molecule has 1 heterocycles. The summed E-state index contributed by atoms with van der Waals surface area (Å²) in [6.07, 6.45) is 0.900. The normalized spacial score (nSPS) is 20.6. The van der Waals surface area contributed by atoms with Crippen LogP contribution in [0.4, 0.5) is 0 Å².